The number of piperidine rings is 1. The van der Waals surface area contributed by atoms with E-state index in [0.29, 0.717) is 48.1 Å². The molecule has 2 aromatic carbocycles. The third-order valence-electron chi connectivity index (χ3n) is 8.56. The number of carbonyl (C=O) groups is 1. The van der Waals surface area contributed by atoms with Crippen LogP contribution in [-0.4, -0.2) is 50.8 Å². The van der Waals surface area contributed by atoms with Gasteiger partial charge in [-0.05, 0) is 55.0 Å². The number of hydrogen-bond donors (Lipinski definition) is 4. The normalized spacial score (nSPS) is 21.4. The first-order chi connectivity index (χ1) is 21.0. The van der Waals surface area contributed by atoms with Gasteiger partial charge in [-0.15, -0.1) is 6.58 Å². The van der Waals surface area contributed by atoms with Gasteiger partial charge in [0.05, 0.1) is 29.5 Å². The second-order valence-electron chi connectivity index (χ2n) is 11.7. The largest absolute Gasteiger partial charge is 0.420 e. The van der Waals surface area contributed by atoms with E-state index in [1.54, 1.807) is 18.3 Å². The molecule has 7 rings (SSSR count). The molecule has 3 aliphatic rings. The van der Waals surface area contributed by atoms with Crippen molar-refractivity contribution in [2.45, 2.75) is 56.8 Å². The van der Waals surface area contributed by atoms with Gasteiger partial charge in [-0.1, -0.05) is 30.3 Å². The summed E-state index contributed by atoms with van der Waals surface area (Å²) in [5, 5.41) is 21.1. The Morgan fingerprint density at radius 3 is 2.88 bits per heavy atom. The fraction of sp³-hybridized carbons (Fsp3) is 0.375. The predicted octanol–water partition coefficient (Wildman–Crippen LogP) is 3.88. The maximum Gasteiger partial charge on any atom is 0.420 e. The van der Waals surface area contributed by atoms with Crippen molar-refractivity contribution in [3.05, 3.63) is 83.0 Å². The zero-order valence-corrected chi connectivity index (χ0v) is 23.8. The number of benzene rings is 2. The molecule has 11 heteroatoms. The van der Waals surface area contributed by atoms with Crippen LogP contribution < -0.4 is 26.6 Å². The average molecular weight is 582 g/mol. The third-order valence-corrected chi connectivity index (χ3v) is 8.56. The van der Waals surface area contributed by atoms with E-state index >= 15 is 0 Å². The molecule has 222 valence electrons. The maximum absolute atomic E-state index is 12.5. The molecule has 1 amide bonds. The van der Waals surface area contributed by atoms with Crippen LogP contribution >= 0.6 is 0 Å². The number of fused-ring (bicyclic) bond motifs is 2. The highest BCUT2D eigenvalue weighted by Crippen LogP contribution is 2.37. The molecule has 4 N–H and O–H groups in total. The standard InChI is InChI=1S/C32H35N7O4/c1-2-13-39-24-16-21(11-12-27(24)43-32(39)42)35-31-33-17-25(38-14-5-7-22(18-38)34-30(41)19-9-10-19)29(37-31)36-28-23-8-4-3-6-20(23)15-26(28)40/h2-4,6,8,11-12,16-17,19,22,26,28,40H,1,5,7,9-10,13-15,18H2,(H,34,41)(H2,33,35,36,37)/t22-,26+,28-/m0/s1. The lowest BCUT2D eigenvalue weighted by Crippen LogP contribution is -2.48. The number of carbonyl (C=O) groups excluding carboxylic acids is 1. The SMILES string of the molecule is C=CCn1c(=O)oc2ccc(Nc3ncc(N4CCC[C@H](NC(=O)C5CC5)C4)c(N[C@H]4c5ccccc5C[C@H]4O)n3)cc21. The van der Waals surface area contributed by atoms with E-state index in [4.69, 9.17) is 9.40 Å². The minimum absolute atomic E-state index is 0.0557. The van der Waals surface area contributed by atoms with Crippen LogP contribution in [0.4, 0.5) is 23.1 Å². The van der Waals surface area contributed by atoms with Crippen molar-refractivity contribution in [1.82, 2.24) is 19.9 Å². The highest BCUT2D eigenvalue weighted by molar-refractivity contribution is 5.81. The maximum atomic E-state index is 12.5. The van der Waals surface area contributed by atoms with Crippen molar-refractivity contribution in [3.63, 3.8) is 0 Å². The van der Waals surface area contributed by atoms with Gasteiger partial charge in [-0.3, -0.25) is 9.36 Å². The van der Waals surface area contributed by atoms with E-state index < -0.39 is 11.9 Å². The number of hydrogen-bond acceptors (Lipinski definition) is 9. The molecule has 2 aromatic heterocycles. The summed E-state index contributed by atoms with van der Waals surface area (Å²) in [4.78, 5) is 36.5. The topological polar surface area (TPSA) is 138 Å². The van der Waals surface area contributed by atoms with Crippen LogP contribution in [0.15, 0.2) is 70.5 Å². The molecular weight excluding hydrogens is 546 g/mol. The zero-order chi connectivity index (χ0) is 29.5. The van der Waals surface area contributed by atoms with Crippen molar-refractivity contribution in [2.24, 2.45) is 5.92 Å². The van der Waals surface area contributed by atoms with Gasteiger partial charge in [-0.25, -0.2) is 9.78 Å². The van der Waals surface area contributed by atoms with Crippen molar-refractivity contribution in [1.29, 1.82) is 0 Å². The molecule has 3 atom stereocenters. The second kappa shape index (κ2) is 11.2. The van der Waals surface area contributed by atoms with Gasteiger partial charge in [0.2, 0.25) is 11.9 Å². The van der Waals surface area contributed by atoms with Gasteiger partial charge in [0.1, 0.15) is 0 Å². The van der Waals surface area contributed by atoms with Crippen LogP contribution in [0.1, 0.15) is 42.9 Å². The Hall–Kier alpha value is -4.64. The molecule has 1 saturated carbocycles. The molecule has 2 fully saturated rings. The van der Waals surface area contributed by atoms with Crippen molar-refractivity contribution in [2.75, 3.05) is 28.6 Å². The number of rotatable bonds is 9. The van der Waals surface area contributed by atoms with Crippen LogP contribution in [0.5, 0.6) is 0 Å². The summed E-state index contributed by atoms with van der Waals surface area (Å²) in [5.41, 5.74) is 4.80. The molecule has 0 radical (unpaired) electrons. The molecular formula is C32H35N7O4. The molecule has 1 aliphatic heterocycles. The summed E-state index contributed by atoms with van der Waals surface area (Å²) in [6.45, 7) is 5.53. The Morgan fingerprint density at radius 2 is 2.05 bits per heavy atom. The summed E-state index contributed by atoms with van der Waals surface area (Å²) >= 11 is 0. The number of anilines is 4. The molecule has 11 nitrogen and oxygen atoms in total. The van der Waals surface area contributed by atoms with Crippen LogP contribution in [0.3, 0.4) is 0 Å². The number of aromatic nitrogens is 3. The number of nitrogens with zero attached hydrogens (tertiary/aromatic N) is 4. The quantitative estimate of drug-likeness (QED) is 0.217. The summed E-state index contributed by atoms with van der Waals surface area (Å²) in [6, 6.07) is 13.1. The van der Waals surface area contributed by atoms with Crippen LogP contribution in [0, 0.1) is 5.92 Å². The lowest BCUT2D eigenvalue weighted by Gasteiger charge is -2.36. The minimum Gasteiger partial charge on any atom is -0.408 e. The lowest BCUT2D eigenvalue weighted by molar-refractivity contribution is -0.123. The number of nitrogens with one attached hydrogen (secondary N) is 3. The summed E-state index contributed by atoms with van der Waals surface area (Å²) in [7, 11) is 0. The first-order valence-corrected chi connectivity index (χ1v) is 14.9. The van der Waals surface area contributed by atoms with E-state index in [-0.39, 0.29) is 23.9 Å². The monoisotopic (exact) mass is 581 g/mol. The van der Waals surface area contributed by atoms with E-state index in [1.165, 1.54) is 4.57 Å². The van der Waals surface area contributed by atoms with Crippen LogP contribution in [0.2, 0.25) is 0 Å². The fourth-order valence-corrected chi connectivity index (χ4v) is 6.22. The van der Waals surface area contributed by atoms with Gasteiger partial charge < -0.3 is 30.4 Å². The highest BCUT2D eigenvalue weighted by atomic mass is 16.4. The first-order valence-electron chi connectivity index (χ1n) is 14.9. The first kappa shape index (κ1) is 27.2. The number of aliphatic hydroxyl groups is 1. The van der Waals surface area contributed by atoms with Crippen molar-refractivity contribution in [3.8, 4) is 0 Å². The summed E-state index contributed by atoms with van der Waals surface area (Å²) < 4.78 is 6.87. The Morgan fingerprint density at radius 1 is 1.19 bits per heavy atom. The molecule has 0 bridgehead atoms. The van der Waals surface area contributed by atoms with E-state index in [1.807, 2.05) is 36.4 Å². The molecule has 1 saturated heterocycles. The number of oxazole rings is 1. The van der Waals surface area contributed by atoms with Crippen molar-refractivity contribution < 1.29 is 14.3 Å². The van der Waals surface area contributed by atoms with Gasteiger partial charge in [0.25, 0.3) is 0 Å². The summed E-state index contributed by atoms with van der Waals surface area (Å²) in [5.74, 6) is 0.837. The van der Waals surface area contributed by atoms with Gasteiger partial charge in [-0.2, -0.15) is 4.98 Å². The van der Waals surface area contributed by atoms with Crippen molar-refractivity contribution >= 4 is 40.1 Å². The molecule has 0 spiro atoms. The third kappa shape index (κ3) is 5.48. The molecule has 0 unspecified atom stereocenters. The van der Waals surface area contributed by atoms with E-state index in [0.717, 1.165) is 49.0 Å². The zero-order valence-electron chi connectivity index (χ0n) is 23.8. The number of amides is 1. The average Bonchev–Trinajstić information content (AvgIpc) is 3.76. The molecule has 4 aromatic rings. The molecule has 43 heavy (non-hydrogen) atoms. The van der Waals surface area contributed by atoms with Gasteiger partial charge in [0.15, 0.2) is 11.4 Å². The lowest BCUT2D eigenvalue weighted by atomic mass is 10.0. The van der Waals surface area contributed by atoms with Gasteiger partial charge in [0, 0.05) is 43.7 Å². The fourth-order valence-electron chi connectivity index (χ4n) is 6.22. The van der Waals surface area contributed by atoms with Gasteiger partial charge >= 0.3 is 5.76 Å². The second-order valence-corrected chi connectivity index (χ2v) is 11.7. The smallest absolute Gasteiger partial charge is 0.408 e. The Labute approximate surface area is 248 Å². The summed E-state index contributed by atoms with van der Waals surface area (Å²) in [6.07, 6.45) is 7.21. The van der Waals surface area contributed by atoms with E-state index in [9.17, 15) is 14.7 Å². The highest BCUT2D eigenvalue weighted by Gasteiger charge is 2.34. The Balaban J connectivity index is 1.20. The van der Waals surface area contributed by atoms with Crippen LogP contribution in [-0.2, 0) is 17.8 Å². The Bertz CT molecular complexity index is 1740. The molecule has 2 aliphatic carbocycles. The molecule has 3 heterocycles. The Kier molecular flexibility index (Phi) is 7.10. The number of allylic oxidation sites excluding steroid dienone is 1. The minimum atomic E-state index is -0.603. The van der Waals surface area contributed by atoms with Crippen LogP contribution in [0.25, 0.3) is 11.1 Å². The van der Waals surface area contributed by atoms with E-state index in [2.05, 4.69) is 32.4 Å². The number of aliphatic hydroxyl groups excluding tert-OH is 1. The predicted molar refractivity (Wildman–Crippen MR) is 165 cm³/mol.